The molecule has 2 aliphatic rings. The monoisotopic (exact) mass is 462 g/mol. The first-order valence-corrected chi connectivity index (χ1v) is 12.4. The van der Waals surface area contributed by atoms with Gasteiger partial charge in [-0.3, -0.25) is 9.59 Å². The molecule has 6 heteroatoms. The summed E-state index contributed by atoms with van der Waals surface area (Å²) in [6, 6.07) is 18.4. The third-order valence-electron chi connectivity index (χ3n) is 6.56. The highest BCUT2D eigenvalue weighted by molar-refractivity contribution is 7.10. The number of benzene rings is 2. The summed E-state index contributed by atoms with van der Waals surface area (Å²) in [6.07, 6.45) is 3.81. The fraction of sp³-hybridized carbons (Fsp3) is 0.333. The van der Waals surface area contributed by atoms with E-state index in [9.17, 15) is 14.0 Å². The lowest BCUT2D eigenvalue weighted by molar-refractivity contribution is -0.142. The van der Waals surface area contributed by atoms with E-state index in [1.165, 1.54) is 17.0 Å². The fourth-order valence-corrected chi connectivity index (χ4v) is 5.58. The zero-order valence-electron chi connectivity index (χ0n) is 18.5. The van der Waals surface area contributed by atoms with Gasteiger partial charge in [0, 0.05) is 23.9 Å². The molecule has 1 atom stereocenters. The average molecular weight is 463 g/mol. The highest BCUT2D eigenvalue weighted by Crippen LogP contribution is 2.38. The number of hydrogen-bond acceptors (Lipinski definition) is 3. The first kappa shape index (κ1) is 21.8. The number of carbonyl (C=O) groups is 2. The Hall–Kier alpha value is -2.99. The number of nitrogens with zero attached hydrogens (tertiary/aromatic N) is 2. The van der Waals surface area contributed by atoms with Gasteiger partial charge in [-0.05, 0) is 66.0 Å². The van der Waals surface area contributed by atoms with Crippen molar-refractivity contribution >= 4 is 23.2 Å². The molecule has 4 nitrogen and oxygen atoms in total. The van der Waals surface area contributed by atoms with Crippen LogP contribution in [0.5, 0.6) is 0 Å². The number of thiophene rings is 1. The predicted octanol–water partition coefficient (Wildman–Crippen LogP) is 4.99. The average Bonchev–Trinajstić information content (AvgIpc) is 3.57. The molecule has 0 N–H and O–H groups in total. The minimum Gasteiger partial charge on any atom is -0.330 e. The van der Waals surface area contributed by atoms with Gasteiger partial charge in [-0.15, -0.1) is 11.3 Å². The smallest absolute Gasteiger partial charge is 0.243 e. The van der Waals surface area contributed by atoms with Crippen LogP contribution in [0.4, 0.5) is 4.39 Å². The Morgan fingerprint density at radius 1 is 1.03 bits per heavy atom. The van der Waals surface area contributed by atoms with Gasteiger partial charge in [-0.2, -0.15) is 0 Å². The summed E-state index contributed by atoms with van der Waals surface area (Å²) < 4.78 is 13.6. The molecule has 1 saturated carbocycles. The molecule has 1 fully saturated rings. The quantitative estimate of drug-likeness (QED) is 0.497. The Bertz CT molecular complexity index is 1120. The largest absolute Gasteiger partial charge is 0.330 e. The van der Waals surface area contributed by atoms with E-state index in [1.54, 1.807) is 28.4 Å². The van der Waals surface area contributed by atoms with E-state index < -0.39 is 0 Å². The molecule has 3 aromatic rings. The molecule has 2 heterocycles. The van der Waals surface area contributed by atoms with Crippen LogP contribution in [0, 0.1) is 5.82 Å². The van der Waals surface area contributed by atoms with Crippen LogP contribution in [0.1, 0.15) is 46.9 Å². The maximum Gasteiger partial charge on any atom is 0.243 e. The van der Waals surface area contributed by atoms with Gasteiger partial charge in [0.1, 0.15) is 12.4 Å². The zero-order chi connectivity index (χ0) is 22.8. The Morgan fingerprint density at radius 3 is 2.52 bits per heavy atom. The van der Waals surface area contributed by atoms with Crippen LogP contribution < -0.4 is 0 Å². The van der Waals surface area contributed by atoms with Crippen LogP contribution in [0.15, 0.2) is 66.0 Å². The van der Waals surface area contributed by atoms with Crippen molar-refractivity contribution in [2.75, 3.05) is 13.1 Å². The summed E-state index contributed by atoms with van der Waals surface area (Å²) in [5.41, 5.74) is 3.14. The molecule has 0 bridgehead atoms. The number of hydrogen-bond donors (Lipinski definition) is 0. The Kier molecular flexibility index (Phi) is 6.27. The van der Waals surface area contributed by atoms with Gasteiger partial charge >= 0.3 is 0 Å². The number of halogens is 1. The standard InChI is InChI=1S/C27H27FN2O2S/c28-21-9-7-20(8-10-21)27-23-15-17-33-24(23)14-16-29(27)26(32)18-30(22-11-12-22)25(31)13-6-19-4-2-1-3-5-19/h1-5,7-10,15,17,22,27H,6,11-14,16,18H2. The van der Waals surface area contributed by atoms with Crippen LogP contribution in [0.25, 0.3) is 0 Å². The lowest BCUT2D eigenvalue weighted by Crippen LogP contribution is -2.47. The van der Waals surface area contributed by atoms with Crippen molar-refractivity contribution in [2.24, 2.45) is 0 Å². The molecular formula is C27H27FN2O2S. The van der Waals surface area contributed by atoms with E-state index >= 15 is 0 Å². The highest BCUT2D eigenvalue weighted by Gasteiger charge is 2.38. The van der Waals surface area contributed by atoms with E-state index in [0.29, 0.717) is 19.4 Å². The maximum atomic E-state index is 13.6. The maximum absolute atomic E-state index is 13.6. The van der Waals surface area contributed by atoms with Gasteiger partial charge in [0.15, 0.2) is 0 Å². The minimum atomic E-state index is -0.290. The second kappa shape index (κ2) is 9.48. The molecule has 1 unspecified atom stereocenters. The fourth-order valence-electron chi connectivity index (χ4n) is 4.67. The molecule has 0 saturated heterocycles. The van der Waals surface area contributed by atoms with Gasteiger partial charge in [0.2, 0.25) is 11.8 Å². The van der Waals surface area contributed by atoms with Crippen LogP contribution in [-0.2, 0) is 22.4 Å². The van der Waals surface area contributed by atoms with Crippen LogP contribution in [-0.4, -0.2) is 40.7 Å². The number of rotatable bonds is 7. The van der Waals surface area contributed by atoms with E-state index in [1.807, 2.05) is 35.2 Å². The molecule has 5 rings (SSSR count). The van der Waals surface area contributed by atoms with E-state index in [4.69, 9.17) is 0 Å². The summed E-state index contributed by atoms with van der Waals surface area (Å²) in [7, 11) is 0. The predicted molar refractivity (Wildman–Crippen MR) is 127 cm³/mol. The molecular weight excluding hydrogens is 435 g/mol. The summed E-state index contributed by atoms with van der Waals surface area (Å²) in [5, 5.41) is 2.05. The van der Waals surface area contributed by atoms with Crippen LogP contribution in [0.2, 0.25) is 0 Å². The third-order valence-corrected chi connectivity index (χ3v) is 7.55. The summed E-state index contributed by atoms with van der Waals surface area (Å²) in [6.45, 7) is 0.709. The SMILES string of the molecule is O=C(CCc1ccccc1)N(CC(=O)N1CCc2sccc2C1c1ccc(F)cc1)C1CC1. The zero-order valence-corrected chi connectivity index (χ0v) is 19.3. The molecule has 2 aromatic carbocycles. The topological polar surface area (TPSA) is 40.6 Å². The lowest BCUT2D eigenvalue weighted by atomic mass is 9.93. The molecule has 170 valence electrons. The first-order valence-electron chi connectivity index (χ1n) is 11.5. The molecule has 1 aromatic heterocycles. The van der Waals surface area contributed by atoms with E-state index in [0.717, 1.165) is 36.0 Å². The first-order chi connectivity index (χ1) is 16.1. The van der Waals surface area contributed by atoms with Gasteiger partial charge in [0.05, 0.1) is 6.04 Å². The van der Waals surface area contributed by atoms with Crippen molar-refractivity contribution in [2.45, 2.75) is 44.2 Å². The van der Waals surface area contributed by atoms with E-state index in [2.05, 4.69) is 11.4 Å². The molecule has 1 aliphatic carbocycles. The second-order valence-corrected chi connectivity index (χ2v) is 9.83. The highest BCUT2D eigenvalue weighted by atomic mass is 32.1. The van der Waals surface area contributed by atoms with E-state index in [-0.39, 0.29) is 36.3 Å². The van der Waals surface area contributed by atoms with Gasteiger partial charge < -0.3 is 9.80 Å². The second-order valence-electron chi connectivity index (χ2n) is 8.83. The number of amides is 2. The number of fused-ring (bicyclic) bond motifs is 1. The molecule has 33 heavy (non-hydrogen) atoms. The Morgan fingerprint density at radius 2 is 1.79 bits per heavy atom. The third kappa shape index (κ3) is 4.86. The van der Waals surface area contributed by atoms with Crippen molar-refractivity contribution in [1.82, 2.24) is 9.80 Å². The number of carbonyl (C=O) groups excluding carboxylic acids is 2. The Balaban J connectivity index is 1.33. The Labute approximate surface area is 197 Å². The van der Waals surface area contributed by atoms with Crippen LogP contribution in [0.3, 0.4) is 0 Å². The number of aryl methyl sites for hydroxylation is 1. The molecule has 0 radical (unpaired) electrons. The van der Waals surface area contributed by atoms with Crippen molar-refractivity contribution in [3.8, 4) is 0 Å². The van der Waals surface area contributed by atoms with Crippen molar-refractivity contribution < 1.29 is 14.0 Å². The molecule has 1 aliphatic heterocycles. The normalized spacial score (nSPS) is 17.5. The van der Waals surface area contributed by atoms with Crippen LogP contribution >= 0.6 is 11.3 Å². The summed E-state index contributed by atoms with van der Waals surface area (Å²) >= 11 is 1.70. The van der Waals surface area contributed by atoms with Crippen molar-refractivity contribution in [3.63, 3.8) is 0 Å². The summed E-state index contributed by atoms with van der Waals surface area (Å²) in [5.74, 6) is -0.288. The van der Waals surface area contributed by atoms with Gasteiger partial charge in [0.25, 0.3) is 0 Å². The molecule has 0 spiro atoms. The molecule has 2 amide bonds. The van der Waals surface area contributed by atoms with Crippen molar-refractivity contribution in [3.05, 3.63) is 93.4 Å². The van der Waals surface area contributed by atoms with Gasteiger partial charge in [-0.25, -0.2) is 4.39 Å². The van der Waals surface area contributed by atoms with Gasteiger partial charge in [-0.1, -0.05) is 42.5 Å². The minimum absolute atomic E-state index is 0.0406. The van der Waals surface area contributed by atoms with Crippen molar-refractivity contribution in [1.29, 1.82) is 0 Å². The summed E-state index contributed by atoms with van der Waals surface area (Å²) in [4.78, 5) is 31.6. The lowest BCUT2D eigenvalue weighted by Gasteiger charge is -2.37.